The number of ether oxygens (including phenoxy) is 1. The van der Waals surface area contributed by atoms with Gasteiger partial charge in [0, 0.05) is 24.2 Å². The third-order valence-corrected chi connectivity index (χ3v) is 4.37. The number of hydrogen-bond acceptors (Lipinski definition) is 4. The fourth-order valence-electron chi connectivity index (χ4n) is 3.03. The van der Waals surface area contributed by atoms with E-state index in [1.807, 2.05) is 48.7 Å². The van der Waals surface area contributed by atoms with Crippen LogP contribution in [0.25, 0.3) is 16.4 Å². The summed E-state index contributed by atoms with van der Waals surface area (Å²) in [5, 5.41) is 1.58. The normalized spacial score (nSPS) is 11.2. The van der Waals surface area contributed by atoms with Crippen LogP contribution < -0.4 is 0 Å². The summed E-state index contributed by atoms with van der Waals surface area (Å²) in [5.74, 6) is -0.127. The molecule has 130 valence electrons. The number of benzene rings is 1. The van der Waals surface area contributed by atoms with Gasteiger partial charge in [-0.1, -0.05) is 23.7 Å². The lowest BCUT2D eigenvalue weighted by Gasteiger charge is -2.03. The number of imidazole rings is 1. The van der Waals surface area contributed by atoms with Gasteiger partial charge in [0.15, 0.2) is 0 Å². The summed E-state index contributed by atoms with van der Waals surface area (Å²) in [4.78, 5) is 21.1. The first-order valence-corrected chi connectivity index (χ1v) is 8.71. The minimum atomic E-state index is -0.422. The number of halogens is 1. The first-order valence-electron chi connectivity index (χ1n) is 8.33. The summed E-state index contributed by atoms with van der Waals surface area (Å²) in [6.45, 7) is 2.09. The van der Waals surface area contributed by atoms with E-state index in [-0.39, 0.29) is 0 Å². The summed E-state index contributed by atoms with van der Waals surface area (Å²) in [6, 6.07) is 13.7. The quantitative estimate of drug-likeness (QED) is 0.506. The van der Waals surface area contributed by atoms with E-state index in [1.54, 1.807) is 17.5 Å². The van der Waals surface area contributed by atoms with Gasteiger partial charge in [0.25, 0.3) is 0 Å². The molecule has 4 rings (SSSR count). The highest BCUT2D eigenvalue weighted by molar-refractivity contribution is 6.31. The van der Waals surface area contributed by atoms with Gasteiger partial charge in [0.2, 0.25) is 5.82 Å². The van der Waals surface area contributed by atoms with Crippen molar-refractivity contribution in [1.82, 2.24) is 14.4 Å². The standard InChI is InChI=1S/C20H16ClN3O2/c1-2-26-20(25)19-23-17(18-5-3-4-8-24(18)19)10-13-6-7-16-14(9-13)11-15(21)12-22-16/h3-9,11-12H,2,10H2,1H3. The number of carbonyl (C=O) groups excluding carboxylic acids is 1. The SMILES string of the molecule is CCOC(=O)c1nc(Cc2ccc3ncc(Cl)cc3c2)c2ccccn12. The van der Waals surface area contributed by atoms with Gasteiger partial charge in [-0.05, 0) is 42.8 Å². The van der Waals surface area contributed by atoms with Gasteiger partial charge in [-0.2, -0.15) is 0 Å². The van der Waals surface area contributed by atoms with Crippen LogP contribution in [0.15, 0.2) is 54.9 Å². The largest absolute Gasteiger partial charge is 0.460 e. The monoisotopic (exact) mass is 365 g/mol. The molecule has 0 N–H and O–H groups in total. The lowest BCUT2D eigenvalue weighted by Crippen LogP contribution is -2.09. The molecule has 3 aromatic heterocycles. The Morgan fingerprint density at radius 2 is 2.12 bits per heavy atom. The van der Waals surface area contributed by atoms with Crippen LogP contribution in [-0.4, -0.2) is 26.9 Å². The average Bonchev–Trinajstić information content (AvgIpc) is 3.00. The summed E-state index contributed by atoms with van der Waals surface area (Å²) in [6.07, 6.45) is 4.05. The van der Waals surface area contributed by atoms with Crippen LogP contribution >= 0.6 is 11.6 Å². The van der Waals surface area contributed by atoms with Crippen LogP contribution in [-0.2, 0) is 11.2 Å². The van der Waals surface area contributed by atoms with Crippen LogP contribution in [0.2, 0.25) is 5.02 Å². The third kappa shape index (κ3) is 3.02. The lowest BCUT2D eigenvalue weighted by molar-refractivity contribution is 0.0511. The fraction of sp³-hybridized carbons (Fsp3) is 0.150. The molecule has 0 atom stereocenters. The molecule has 0 aliphatic rings. The molecule has 4 aromatic rings. The third-order valence-electron chi connectivity index (χ3n) is 4.17. The van der Waals surface area contributed by atoms with Gasteiger partial charge in [-0.15, -0.1) is 0 Å². The summed E-state index contributed by atoms with van der Waals surface area (Å²) in [7, 11) is 0. The van der Waals surface area contributed by atoms with E-state index < -0.39 is 5.97 Å². The zero-order valence-electron chi connectivity index (χ0n) is 14.1. The van der Waals surface area contributed by atoms with E-state index in [4.69, 9.17) is 16.3 Å². The summed E-state index contributed by atoms with van der Waals surface area (Å²) in [5.41, 5.74) is 3.67. The van der Waals surface area contributed by atoms with Gasteiger partial charge < -0.3 is 4.74 Å². The average molecular weight is 366 g/mol. The van der Waals surface area contributed by atoms with E-state index in [2.05, 4.69) is 9.97 Å². The minimum absolute atomic E-state index is 0.294. The van der Waals surface area contributed by atoms with E-state index >= 15 is 0 Å². The highest BCUT2D eigenvalue weighted by atomic mass is 35.5. The fourth-order valence-corrected chi connectivity index (χ4v) is 3.20. The van der Waals surface area contributed by atoms with Gasteiger partial charge in [-0.3, -0.25) is 9.38 Å². The molecule has 1 aromatic carbocycles. The zero-order valence-corrected chi connectivity index (χ0v) is 14.9. The second kappa shape index (κ2) is 6.77. The van der Waals surface area contributed by atoms with Gasteiger partial charge >= 0.3 is 5.97 Å². The summed E-state index contributed by atoms with van der Waals surface area (Å²) < 4.78 is 6.90. The molecular weight excluding hydrogens is 350 g/mol. The maximum atomic E-state index is 12.2. The molecule has 6 heteroatoms. The van der Waals surface area contributed by atoms with Crippen LogP contribution in [0, 0.1) is 0 Å². The Balaban J connectivity index is 1.76. The minimum Gasteiger partial charge on any atom is -0.460 e. The van der Waals surface area contributed by atoms with Crippen molar-refractivity contribution < 1.29 is 9.53 Å². The van der Waals surface area contributed by atoms with Crippen molar-refractivity contribution in [2.75, 3.05) is 6.61 Å². The number of esters is 1. The topological polar surface area (TPSA) is 56.5 Å². The second-order valence-electron chi connectivity index (χ2n) is 5.92. The molecule has 0 bridgehead atoms. The van der Waals surface area contributed by atoms with Crippen molar-refractivity contribution in [2.24, 2.45) is 0 Å². The van der Waals surface area contributed by atoms with Crippen molar-refractivity contribution >= 4 is 34.0 Å². The number of nitrogens with zero attached hydrogens (tertiary/aromatic N) is 3. The first kappa shape index (κ1) is 16.5. The van der Waals surface area contributed by atoms with Gasteiger partial charge in [0.05, 0.1) is 28.4 Å². The molecule has 26 heavy (non-hydrogen) atoms. The highest BCUT2D eigenvalue weighted by Crippen LogP contribution is 2.22. The Bertz CT molecular complexity index is 1120. The number of carbonyl (C=O) groups is 1. The predicted molar refractivity (Wildman–Crippen MR) is 101 cm³/mol. The number of rotatable bonds is 4. The molecule has 0 unspecified atom stereocenters. The maximum absolute atomic E-state index is 12.2. The van der Waals surface area contributed by atoms with Crippen molar-refractivity contribution in [3.8, 4) is 0 Å². The maximum Gasteiger partial charge on any atom is 0.374 e. The van der Waals surface area contributed by atoms with Crippen LogP contribution in [0.3, 0.4) is 0 Å². The number of fused-ring (bicyclic) bond motifs is 2. The molecule has 5 nitrogen and oxygen atoms in total. The van der Waals surface area contributed by atoms with E-state index in [0.29, 0.717) is 23.9 Å². The van der Waals surface area contributed by atoms with E-state index in [1.165, 1.54) is 0 Å². The molecule has 0 aliphatic carbocycles. The predicted octanol–water partition coefficient (Wildman–Crippen LogP) is 4.30. The van der Waals surface area contributed by atoms with Crippen molar-refractivity contribution in [3.05, 3.63) is 77.0 Å². The molecular formula is C20H16ClN3O2. The van der Waals surface area contributed by atoms with E-state index in [0.717, 1.165) is 27.7 Å². The molecule has 0 aliphatic heterocycles. The Kier molecular flexibility index (Phi) is 4.31. The zero-order chi connectivity index (χ0) is 18.1. The molecule has 0 radical (unpaired) electrons. The molecule has 0 fully saturated rings. The molecule has 0 spiro atoms. The Hall–Kier alpha value is -2.92. The molecule has 0 saturated heterocycles. The smallest absolute Gasteiger partial charge is 0.374 e. The highest BCUT2D eigenvalue weighted by Gasteiger charge is 2.18. The van der Waals surface area contributed by atoms with Crippen LogP contribution in [0.5, 0.6) is 0 Å². The Morgan fingerprint density at radius 3 is 2.96 bits per heavy atom. The van der Waals surface area contributed by atoms with Gasteiger partial charge in [0.1, 0.15) is 0 Å². The van der Waals surface area contributed by atoms with Crippen molar-refractivity contribution in [1.29, 1.82) is 0 Å². The molecule has 0 amide bonds. The number of pyridine rings is 2. The first-order chi connectivity index (χ1) is 12.7. The molecule has 0 saturated carbocycles. The van der Waals surface area contributed by atoms with Crippen LogP contribution in [0.4, 0.5) is 0 Å². The summed E-state index contributed by atoms with van der Waals surface area (Å²) >= 11 is 6.05. The number of hydrogen-bond donors (Lipinski definition) is 0. The lowest BCUT2D eigenvalue weighted by atomic mass is 10.1. The molecule has 3 heterocycles. The number of aromatic nitrogens is 3. The van der Waals surface area contributed by atoms with Crippen molar-refractivity contribution in [3.63, 3.8) is 0 Å². The Morgan fingerprint density at radius 1 is 1.23 bits per heavy atom. The van der Waals surface area contributed by atoms with E-state index in [9.17, 15) is 4.79 Å². The van der Waals surface area contributed by atoms with Crippen molar-refractivity contribution in [2.45, 2.75) is 13.3 Å². The Labute approximate surface area is 155 Å². The van der Waals surface area contributed by atoms with Gasteiger partial charge in [-0.25, -0.2) is 9.78 Å². The van der Waals surface area contributed by atoms with Crippen LogP contribution in [0.1, 0.15) is 28.8 Å². The second-order valence-corrected chi connectivity index (χ2v) is 6.35.